The molecule has 2 aromatic rings. The number of carbonyl (C=O) groups excluding carboxylic acids is 1. The lowest BCUT2D eigenvalue weighted by Crippen LogP contribution is -2.11. The molecule has 0 bridgehead atoms. The summed E-state index contributed by atoms with van der Waals surface area (Å²) in [7, 11) is 0. The van der Waals surface area contributed by atoms with Crippen molar-refractivity contribution in [3.63, 3.8) is 0 Å². The number of carbonyl (C=O) groups is 1. The molecule has 3 nitrogen and oxygen atoms in total. The van der Waals surface area contributed by atoms with Gasteiger partial charge in [-0.2, -0.15) is 0 Å². The van der Waals surface area contributed by atoms with Crippen LogP contribution in [0.5, 0.6) is 0 Å². The molecule has 1 amide bonds. The van der Waals surface area contributed by atoms with Crippen LogP contribution in [0.1, 0.15) is 21.9 Å². The maximum absolute atomic E-state index is 11.9. The van der Waals surface area contributed by atoms with Crippen molar-refractivity contribution in [3.8, 4) is 0 Å². The molecule has 1 heterocycles. The summed E-state index contributed by atoms with van der Waals surface area (Å²) in [5, 5.41) is 2.81. The van der Waals surface area contributed by atoms with Crippen molar-refractivity contribution in [2.75, 3.05) is 5.32 Å². The predicted molar refractivity (Wildman–Crippen MR) is 69.8 cm³/mol. The molecule has 2 rings (SSSR count). The Hall–Kier alpha value is -1.68. The number of rotatable bonds is 2. The monoisotopic (exact) mass is 247 g/mol. The third-order valence-electron chi connectivity index (χ3n) is 2.41. The Balaban J connectivity index is 2.17. The van der Waals surface area contributed by atoms with E-state index in [1.165, 1.54) is 0 Å². The second kappa shape index (κ2) is 4.67. The third-order valence-corrected chi connectivity index (χ3v) is 2.71. The van der Waals surface area contributed by atoms with Crippen LogP contribution in [0.15, 0.2) is 39.6 Å². The second-order valence-corrected chi connectivity index (χ2v) is 4.34. The third kappa shape index (κ3) is 2.71. The SMILES string of the molecule is Cc1cc(C(=O)Nc2ccc(S)cc2)c(C)o1. The van der Waals surface area contributed by atoms with Gasteiger partial charge in [-0.1, -0.05) is 0 Å². The predicted octanol–water partition coefficient (Wildman–Crippen LogP) is 3.44. The van der Waals surface area contributed by atoms with Crippen molar-refractivity contribution in [3.05, 3.63) is 47.4 Å². The van der Waals surface area contributed by atoms with Crippen molar-refractivity contribution in [2.45, 2.75) is 18.7 Å². The van der Waals surface area contributed by atoms with E-state index in [4.69, 9.17) is 4.42 Å². The number of hydrogen-bond acceptors (Lipinski definition) is 3. The van der Waals surface area contributed by atoms with Crippen molar-refractivity contribution in [1.29, 1.82) is 0 Å². The molecule has 0 spiro atoms. The average Bonchev–Trinajstić information content (AvgIpc) is 2.61. The topological polar surface area (TPSA) is 42.2 Å². The first kappa shape index (κ1) is 11.8. The molecule has 4 heteroatoms. The molecule has 0 aliphatic carbocycles. The highest BCUT2D eigenvalue weighted by Crippen LogP contribution is 2.17. The molecular formula is C13H13NO2S. The van der Waals surface area contributed by atoms with E-state index in [-0.39, 0.29) is 5.91 Å². The van der Waals surface area contributed by atoms with Crippen LogP contribution in [0, 0.1) is 13.8 Å². The van der Waals surface area contributed by atoms with E-state index in [9.17, 15) is 4.79 Å². The molecule has 0 saturated heterocycles. The van der Waals surface area contributed by atoms with E-state index in [0.717, 1.165) is 16.3 Å². The summed E-state index contributed by atoms with van der Waals surface area (Å²) < 4.78 is 5.32. The van der Waals surface area contributed by atoms with Crippen LogP contribution in [0.4, 0.5) is 5.69 Å². The number of nitrogens with one attached hydrogen (secondary N) is 1. The van der Waals surface area contributed by atoms with E-state index in [2.05, 4.69) is 17.9 Å². The van der Waals surface area contributed by atoms with Crippen molar-refractivity contribution in [2.24, 2.45) is 0 Å². The molecule has 0 fully saturated rings. The van der Waals surface area contributed by atoms with Gasteiger partial charge in [-0.25, -0.2) is 0 Å². The zero-order chi connectivity index (χ0) is 12.4. The van der Waals surface area contributed by atoms with E-state index in [1.54, 1.807) is 13.0 Å². The number of aryl methyl sites for hydroxylation is 2. The number of anilines is 1. The molecule has 88 valence electrons. The van der Waals surface area contributed by atoms with Crippen LogP contribution in [-0.4, -0.2) is 5.91 Å². The van der Waals surface area contributed by atoms with E-state index >= 15 is 0 Å². The van der Waals surface area contributed by atoms with Gasteiger partial charge in [-0.05, 0) is 44.2 Å². The molecule has 1 aromatic heterocycles. The molecule has 0 aliphatic rings. The van der Waals surface area contributed by atoms with Gasteiger partial charge in [-0.15, -0.1) is 12.6 Å². The first-order chi connectivity index (χ1) is 8.06. The minimum Gasteiger partial charge on any atom is -0.466 e. The normalized spacial score (nSPS) is 10.3. The van der Waals surface area contributed by atoms with Crippen LogP contribution < -0.4 is 5.32 Å². The minimum absolute atomic E-state index is 0.161. The van der Waals surface area contributed by atoms with Gasteiger partial charge in [0.1, 0.15) is 11.5 Å². The zero-order valence-corrected chi connectivity index (χ0v) is 10.5. The number of hydrogen-bond donors (Lipinski definition) is 2. The van der Waals surface area contributed by atoms with Crippen molar-refractivity contribution < 1.29 is 9.21 Å². The fraction of sp³-hybridized carbons (Fsp3) is 0.154. The standard InChI is InChI=1S/C13H13NO2S/c1-8-7-12(9(2)16-8)13(15)14-10-3-5-11(17)6-4-10/h3-7,17H,1-2H3,(H,14,15). The number of thiol groups is 1. The first-order valence-electron chi connectivity index (χ1n) is 5.23. The largest absolute Gasteiger partial charge is 0.466 e. The maximum atomic E-state index is 11.9. The number of furan rings is 1. The Kier molecular flexibility index (Phi) is 3.24. The number of amides is 1. The van der Waals surface area contributed by atoms with Crippen molar-refractivity contribution in [1.82, 2.24) is 0 Å². The Morgan fingerprint density at radius 3 is 2.41 bits per heavy atom. The fourth-order valence-corrected chi connectivity index (χ4v) is 1.75. The summed E-state index contributed by atoms with van der Waals surface area (Å²) in [4.78, 5) is 12.8. The summed E-state index contributed by atoms with van der Waals surface area (Å²) >= 11 is 4.18. The van der Waals surface area contributed by atoms with Gasteiger partial charge >= 0.3 is 0 Å². The van der Waals surface area contributed by atoms with E-state index < -0.39 is 0 Å². The van der Waals surface area contributed by atoms with Gasteiger partial charge in [-0.3, -0.25) is 4.79 Å². The summed E-state index contributed by atoms with van der Waals surface area (Å²) in [6.07, 6.45) is 0. The summed E-state index contributed by atoms with van der Waals surface area (Å²) in [5.74, 6) is 1.20. The number of benzene rings is 1. The van der Waals surface area contributed by atoms with Gasteiger partial charge in [0.05, 0.1) is 5.56 Å². The lowest BCUT2D eigenvalue weighted by atomic mass is 10.2. The summed E-state index contributed by atoms with van der Waals surface area (Å²) in [5.41, 5.74) is 1.31. The maximum Gasteiger partial charge on any atom is 0.259 e. The lowest BCUT2D eigenvalue weighted by Gasteiger charge is -2.04. The highest BCUT2D eigenvalue weighted by molar-refractivity contribution is 7.80. The van der Waals surface area contributed by atoms with Gasteiger partial charge in [0.2, 0.25) is 0 Å². The van der Waals surface area contributed by atoms with Crippen molar-refractivity contribution >= 4 is 24.2 Å². The average molecular weight is 247 g/mol. The van der Waals surface area contributed by atoms with Crippen LogP contribution in [0.2, 0.25) is 0 Å². The van der Waals surface area contributed by atoms with Crippen LogP contribution >= 0.6 is 12.6 Å². The second-order valence-electron chi connectivity index (χ2n) is 3.83. The molecule has 0 saturated carbocycles. The molecule has 0 unspecified atom stereocenters. The van der Waals surface area contributed by atoms with Gasteiger partial charge in [0.25, 0.3) is 5.91 Å². The molecule has 1 aromatic carbocycles. The summed E-state index contributed by atoms with van der Waals surface area (Å²) in [6.45, 7) is 3.60. The van der Waals surface area contributed by atoms with Gasteiger partial charge in [0, 0.05) is 10.6 Å². The highest BCUT2D eigenvalue weighted by atomic mass is 32.1. The van der Waals surface area contributed by atoms with Gasteiger partial charge < -0.3 is 9.73 Å². The molecule has 0 aliphatic heterocycles. The molecule has 0 atom stereocenters. The minimum atomic E-state index is -0.161. The summed E-state index contributed by atoms with van der Waals surface area (Å²) in [6, 6.07) is 9.00. The molecular weight excluding hydrogens is 234 g/mol. The van der Waals surface area contributed by atoms with Crippen LogP contribution in [0.25, 0.3) is 0 Å². The van der Waals surface area contributed by atoms with Gasteiger partial charge in [0.15, 0.2) is 0 Å². The van der Waals surface area contributed by atoms with Crippen LogP contribution in [0.3, 0.4) is 0 Å². The highest BCUT2D eigenvalue weighted by Gasteiger charge is 2.13. The lowest BCUT2D eigenvalue weighted by molar-refractivity contribution is 0.102. The Labute approximate surface area is 105 Å². The Morgan fingerprint density at radius 1 is 1.24 bits per heavy atom. The quantitative estimate of drug-likeness (QED) is 0.798. The Bertz CT molecular complexity index is 543. The molecule has 17 heavy (non-hydrogen) atoms. The zero-order valence-electron chi connectivity index (χ0n) is 9.65. The van der Waals surface area contributed by atoms with E-state index in [0.29, 0.717) is 11.3 Å². The first-order valence-corrected chi connectivity index (χ1v) is 5.68. The molecule has 1 N–H and O–H groups in total. The molecule has 0 radical (unpaired) electrons. The van der Waals surface area contributed by atoms with E-state index in [1.807, 2.05) is 31.2 Å². The smallest absolute Gasteiger partial charge is 0.259 e. The Morgan fingerprint density at radius 2 is 1.88 bits per heavy atom. The fourth-order valence-electron chi connectivity index (χ4n) is 1.60. The van der Waals surface area contributed by atoms with Crippen LogP contribution in [-0.2, 0) is 0 Å².